The van der Waals surface area contributed by atoms with Crippen molar-refractivity contribution in [3.05, 3.63) is 154 Å². The van der Waals surface area contributed by atoms with Gasteiger partial charge < -0.3 is 14.2 Å². The third kappa shape index (κ3) is 8.69. The molecule has 0 spiro atoms. The van der Waals surface area contributed by atoms with Crippen molar-refractivity contribution in [1.29, 1.82) is 0 Å². The number of carbonyl (C=O) groups excluding carboxylic acids is 2. The van der Waals surface area contributed by atoms with E-state index >= 15 is 0 Å². The van der Waals surface area contributed by atoms with Gasteiger partial charge in [0.25, 0.3) is 5.91 Å². The summed E-state index contributed by atoms with van der Waals surface area (Å²) in [7, 11) is 1.32. The summed E-state index contributed by atoms with van der Waals surface area (Å²) >= 11 is 12.3. The monoisotopic (exact) mass is 718 g/mol. The van der Waals surface area contributed by atoms with Gasteiger partial charge in [0, 0.05) is 27.3 Å². The van der Waals surface area contributed by atoms with Crippen LogP contribution in [0.2, 0.25) is 10.0 Å². The van der Waals surface area contributed by atoms with Gasteiger partial charge in [-0.15, -0.1) is 0 Å². The molecule has 6 aromatic rings. The van der Waals surface area contributed by atoms with E-state index in [4.69, 9.17) is 37.4 Å². The fraction of sp³-hybridized carbons (Fsp3) is 0.167. The van der Waals surface area contributed by atoms with E-state index in [1.54, 1.807) is 77.8 Å². The number of hydrogen-bond donors (Lipinski definition) is 0. The van der Waals surface area contributed by atoms with Crippen LogP contribution in [0.4, 0.5) is 5.69 Å². The molecule has 0 aliphatic rings. The Morgan fingerprint density at radius 3 is 1.80 bits per heavy atom. The number of methoxy groups -OCH3 is 1. The molecule has 0 radical (unpaired) electrons. The van der Waals surface area contributed by atoms with Crippen molar-refractivity contribution >= 4 is 51.5 Å². The highest BCUT2D eigenvalue weighted by Gasteiger charge is 2.31. The molecule has 51 heavy (non-hydrogen) atoms. The number of halogens is 2. The van der Waals surface area contributed by atoms with Crippen molar-refractivity contribution < 1.29 is 23.8 Å². The number of hydrogen-bond acceptors (Lipinski definition) is 6. The lowest BCUT2D eigenvalue weighted by Crippen LogP contribution is -2.37. The molecular weight excluding hydrogens is 683 g/mol. The Hall–Kier alpha value is -5.37. The van der Waals surface area contributed by atoms with Crippen molar-refractivity contribution in [1.82, 2.24) is 4.98 Å². The maximum atomic E-state index is 14.5. The first-order chi connectivity index (χ1) is 24.5. The molecule has 1 unspecified atom stereocenters. The minimum Gasteiger partial charge on any atom is -0.469 e. The maximum absolute atomic E-state index is 14.5. The Bertz CT molecular complexity index is 2150. The predicted octanol–water partition coefficient (Wildman–Crippen LogP) is 11.4. The van der Waals surface area contributed by atoms with E-state index in [0.717, 1.165) is 16.5 Å². The van der Waals surface area contributed by atoms with Crippen LogP contribution < -0.4 is 14.4 Å². The molecule has 5 aromatic carbocycles. The van der Waals surface area contributed by atoms with Crippen LogP contribution in [-0.2, 0) is 14.9 Å². The summed E-state index contributed by atoms with van der Waals surface area (Å²) in [5.74, 6) is 1.67. The molecule has 1 atom stereocenters. The van der Waals surface area contributed by atoms with E-state index < -0.39 is 17.9 Å². The molecule has 0 bridgehead atoms. The van der Waals surface area contributed by atoms with E-state index in [1.807, 2.05) is 42.5 Å². The molecule has 7 nitrogen and oxygen atoms in total. The maximum Gasteiger partial charge on any atom is 0.307 e. The number of fused-ring (bicyclic) bond motifs is 1. The van der Waals surface area contributed by atoms with Crippen LogP contribution in [0, 0.1) is 0 Å². The second-order valence-corrected chi connectivity index (χ2v) is 13.9. The van der Waals surface area contributed by atoms with E-state index in [0.29, 0.717) is 38.5 Å². The van der Waals surface area contributed by atoms with Gasteiger partial charge in [0.1, 0.15) is 28.7 Å². The highest BCUT2D eigenvalue weighted by atomic mass is 35.5. The van der Waals surface area contributed by atoms with E-state index in [-0.39, 0.29) is 17.5 Å². The first-order valence-corrected chi connectivity index (χ1v) is 17.1. The number of benzene rings is 5. The van der Waals surface area contributed by atoms with Crippen molar-refractivity contribution in [2.24, 2.45) is 0 Å². The molecule has 0 saturated heterocycles. The van der Waals surface area contributed by atoms with Gasteiger partial charge in [-0.05, 0) is 113 Å². The highest BCUT2D eigenvalue weighted by molar-refractivity contribution is 6.31. The summed E-state index contributed by atoms with van der Waals surface area (Å²) in [6.45, 7) is 6.51. The number of amides is 1. The standard InChI is InChI=1S/C42H36Cl2N2O5/c1-42(2,3)30-8-19-35(20-9-30)51-37-18-7-28-24-38(45-26-29(28)23-37)41(48)46(33-14-10-31(43)11-15-33)39(25-40(47)49-4)27-5-16-34(17-6-27)50-36-21-12-32(44)13-22-36/h5-24,26,39H,25H2,1-4H3. The zero-order valence-electron chi connectivity index (χ0n) is 28.6. The van der Waals surface area contributed by atoms with E-state index in [1.165, 1.54) is 12.7 Å². The van der Waals surface area contributed by atoms with Crippen molar-refractivity contribution in [3.8, 4) is 23.0 Å². The van der Waals surface area contributed by atoms with Crippen LogP contribution in [0.3, 0.4) is 0 Å². The van der Waals surface area contributed by atoms with Crippen LogP contribution in [-0.4, -0.2) is 24.0 Å². The Balaban J connectivity index is 1.31. The number of nitrogens with zero attached hydrogens (tertiary/aromatic N) is 2. The molecule has 0 N–H and O–H groups in total. The van der Waals surface area contributed by atoms with Gasteiger partial charge in [0.2, 0.25) is 0 Å². The average molecular weight is 720 g/mol. The number of esters is 1. The van der Waals surface area contributed by atoms with Gasteiger partial charge in [-0.1, -0.05) is 74.3 Å². The lowest BCUT2D eigenvalue weighted by molar-refractivity contribution is -0.141. The van der Waals surface area contributed by atoms with Crippen LogP contribution >= 0.6 is 23.2 Å². The fourth-order valence-corrected chi connectivity index (χ4v) is 5.87. The number of pyridine rings is 1. The van der Waals surface area contributed by atoms with Crippen molar-refractivity contribution in [3.63, 3.8) is 0 Å². The molecule has 0 fully saturated rings. The first kappa shape index (κ1) is 35.5. The second-order valence-electron chi connectivity index (χ2n) is 13.0. The molecule has 9 heteroatoms. The Kier molecular flexibility index (Phi) is 10.6. The smallest absolute Gasteiger partial charge is 0.307 e. The highest BCUT2D eigenvalue weighted by Crippen LogP contribution is 2.35. The summed E-state index contributed by atoms with van der Waals surface area (Å²) in [5.41, 5.74) is 2.68. The van der Waals surface area contributed by atoms with Crippen LogP contribution in [0.5, 0.6) is 23.0 Å². The SMILES string of the molecule is COC(=O)CC(c1ccc(Oc2ccc(Cl)cc2)cc1)N(C(=O)c1cc2ccc(Oc3ccc(C(C)(C)C)cc3)cc2cn1)c1ccc(Cl)cc1. The van der Waals surface area contributed by atoms with Gasteiger partial charge in [-0.3, -0.25) is 19.5 Å². The molecule has 0 saturated carbocycles. The quantitative estimate of drug-likeness (QED) is 0.131. The fourth-order valence-electron chi connectivity index (χ4n) is 5.62. The molecule has 1 amide bonds. The van der Waals surface area contributed by atoms with Gasteiger partial charge in [-0.25, -0.2) is 0 Å². The van der Waals surface area contributed by atoms with Gasteiger partial charge in [0.05, 0.1) is 19.6 Å². The summed E-state index contributed by atoms with van der Waals surface area (Å²) in [6.07, 6.45) is 1.53. The lowest BCUT2D eigenvalue weighted by atomic mass is 9.87. The first-order valence-electron chi connectivity index (χ1n) is 16.3. The van der Waals surface area contributed by atoms with E-state index in [2.05, 4.69) is 37.9 Å². The third-order valence-electron chi connectivity index (χ3n) is 8.41. The Morgan fingerprint density at radius 2 is 1.22 bits per heavy atom. The lowest BCUT2D eigenvalue weighted by Gasteiger charge is -2.32. The second kappa shape index (κ2) is 15.3. The summed E-state index contributed by atoms with van der Waals surface area (Å²) < 4.78 is 17.2. The van der Waals surface area contributed by atoms with Gasteiger partial charge in [-0.2, -0.15) is 0 Å². The largest absolute Gasteiger partial charge is 0.469 e. The molecule has 0 aliphatic heterocycles. The summed E-state index contributed by atoms with van der Waals surface area (Å²) in [4.78, 5) is 33.5. The summed E-state index contributed by atoms with van der Waals surface area (Å²) in [6, 6.07) is 35.8. The Labute approximate surface area is 307 Å². The average Bonchev–Trinajstić information content (AvgIpc) is 3.13. The zero-order valence-corrected chi connectivity index (χ0v) is 30.1. The van der Waals surface area contributed by atoms with Crippen LogP contribution in [0.25, 0.3) is 10.8 Å². The predicted molar refractivity (Wildman–Crippen MR) is 203 cm³/mol. The van der Waals surface area contributed by atoms with Crippen LogP contribution in [0.15, 0.2) is 128 Å². The normalized spacial score (nSPS) is 11.9. The number of ether oxygens (including phenoxy) is 3. The van der Waals surface area contributed by atoms with Crippen molar-refractivity contribution in [2.45, 2.75) is 38.6 Å². The molecule has 1 heterocycles. The molecule has 1 aromatic heterocycles. The van der Waals surface area contributed by atoms with Gasteiger partial charge in [0.15, 0.2) is 0 Å². The number of carbonyl (C=O) groups is 2. The van der Waals surface area contributed by atoms with Gasteiger partial charge >= 0.3 is 5.97 Å². The van der Waals surface area contributed by atoms with E-state index in [9.17, 15) is 9.59 Å². The number of anilines is 1. The zero-order chi connectivity index (χ0) is 36.1. The number of rotatable bonds is 10. The molecule has 0 aliphatic carbocycles. The molecule has 258 valence electrons. The molecule has 6 rings (SSSR count). The minimum atomic E-state index is -0.756. The minimum absolute atomic E-state index is 0.0445. The molecular formula is C42H36Cl2N2O5. The third-order valence-corrected chi connectivity index (χ3v) is 8.91. The van der Waals surface area contributed by atoms with Crippen LogP contribution in [0.1, 0.15) is 54.8 Å². The summed E-state index contributed by atoms with van der Waals surface area (Å²) in [5, 5.41) is 2.71. The number of aromatic nitrogens is 1. The van der Waals surface area contributed by atoms with Crippen molar-refractivity contribution in [2.75, 3.05) is 12.0 Å². The Morgan fingerprint density at radius 1 is 0.686 bits per heavy atom. The topological polar surface area (TPSA) is 78.0 Å².